The van der Waals surface area contributed by atoms with E-state index in [1.807, 2.05) is 0 Å². The lowest BCUT2D eigenvalue weighted by molar-refractivity contribution is -0.137. The first-order chi connectivity index (χ1) is 10.9. The van der Waals surface area contributed by atoms with E-state index in [0.29, 0.717) is 11.2 Å². The number of pyridine rings is 1. The molecule has 0 aliphatic carbocycles. The van der Waals surface area contributed by atoms with Crippen molar-refractivity contribution < 1.29 is 18.0 Å². The van der Waals surface area contributed by atoms with Gasteiger partial charge in [0, 0.05) is 18.1 Å². The zero-order valence-corrected chi connectivity index (χ0v) is 11.6. The average molecular weight is 320 g/mol. The predicted octanol–water partition coefficient (Wildman–Crippen LogP) is 4.23. The second kappa shape index (κ2) is 5.64. The van der Waals surface area contributed by atoms with Gasteiger partial charge >= 0.3 is 12.2 Å². The average Bonchev–Trinajstić information content (AvgIpc) is 2.90. The van der Waals surface area contributed by atoms with E-state index in [-0.39, 0.29) is 5.69 Å². The molecule has 0 unspecified atom stereocenters. The van der Waals surface area contributed by atoms with Gasteiger partial charge in [-0.2, -0.15) is 13.2 Å². The highest BCUT2D eigenvalue weighted by Crippen LogP contribution is 2.30. The van der Waals surface area contributed by atoms with Crippen LogP contribution in [0.2, 0.25) is 0 Å². The van der Waals surface area contributed by atoms with E-state index in [1.165, 1.54) is 12.1 Å². The molecule has 8 heteroatoms. The summed E-state index contributed by atoms with van der Waals surface area (Å²) in [5, 5.41) is 4.91. The summed E-state index contributed by atoms with van der Waals surface area (Å²) in [6.45, 7) is 0. The molecule has 0 radical (unpaired) electrons. The maximum atomic E-state index is 12.6. The van der Waals surface area contributed by atoms with Crippen molar-refractivity contribution in [2.75, 3.05) is 10.6 Å². The van der Waals surface area contributed by atoms with Gasteiger partial charge in [0.25, 0.3) is 0 Å². The minimum atomic E-state index is -4.46. The molecular weight excluding hydrogens is 309 g/mol. The van der Waals surface area contributed by atoms with E-state index < -0.39 is 17.8 Å². The number of rotatable bonds is 2. The Labute approximate surface area is 128 Å². The molecule has 0 bridgehead atoms. The summed E-state index contributed by atoms with van der Waals surface area (Å²) in [4.78, 5) is 19.0. The molecule has 3 rings (SSSR count). The number of hydrogen-bond acceptors (Lipinski definition) is 2. The van der Waals surface area contributed by atoms with Gasteiger partial charge in [-0.3, -0.25) is 4.98 Å². The first-order valence-corrected chi connectivity index (χ1v) is 6.61. The summed E-state index contributed by atoms with van der Waals surface area (Å²) in [5.74, 6) is 0. The highest BCUT2D eigenvalue weighted by Gasteiger charge is 2.30. The Morgan fingerprint density at radius 1 is 1.13 bits per heavy atom. The van der Waals surface area contributed by atoms with Gasteiger partial charge in [-0.15, -0.1) is 0 Å². The molecule has 0 atom stereocenters. The number of halogens is 3. The third-order valence-electron chi connectivity index (χ3n) is 3.13. The van der Waals surface area contributed by atoms with Crippen molar-refractivity contribution in [1.29, 1.82) is 0 Å². The fourth-order valence-electron chi connectivity index (χ4n) is 2.11. The first kappa shape index (κ1) is 14.9. The fourth-order valence-corrected chi connectivity index (χ4v) is 2.11. The zero-order chi connectivity index (χ0) is 16.4. The van der Waals surface area contributed by atoms with E-state index in [9.17, 15) is 18.0 Å². The summed E-state index contributed by atoms with van der Waals surface area (Å²) >= 11 is 0. The largest absolute Gasteiger partial charge is 0.416 e. The lowest BCUT2D eigenvalue weighted by Gasteiger charge is -2.10. The van der Waals surface area contributed by atoms with Crippen LogP contribution in [0.1, 0.15) is 5.56 Å². The van der Waals surface area contributed by atoms with Crippen LogP contribution < -0.4 is 10.6 Å². The number of nitrogens with one attached hydrogen (secondary N) is 3. The Bertz CT molecular complexity index is 857. The summed E-state index contributed by atoms with van der Waals surface area (Å²) in [6.07, 6.45) is -1.33. The number of amides is 2. The minimum absolute atomic E-state index is 0.0464. The van der Waals surface area contributed by atoms with Crippen molar-refractivity contribution in [2.45, 2.75) is 6.18 Å². The molecule has 0 spiro atoms. The zero-order valence-electron chi connectivity index (χ0n) is 11.6. The van der Waals surface area contributed by atoms with E-state index in [2.05, 4.69) is 20.6 Å². The summed E-state index contributed by atoms with van der Waals surface area (Å²) in [6, 6.07) is 7.29. The molecule has 0 fully saturated rings. The number of aromatic nitrogens is 2. The molecule has 0 saturated carbocycles. The quantitative estimate of drug-likeness (QED) is 0.661. The number of alkyl halides is 3. The molecule has 0 saturated heterocycles. The Kier molecular flexibility index (Phi) is 3.65. The van der Waals surface area contributed by atoms with Crippen molar-refractivity contribution in [1.82, 2.24) is 9.97 Å². The van der Waals surface area contributed by atoms with Crippen molar-refractivity contribution in [2.24, 2.45) is 0 Å². The van der Waals surface area contributed by atoms with Gasteiger partial charge in [0.15, 0.2) is 0 Å². The van der Waals surface area contributed by atoms with Gasteiger partial charge in [-0.05, 0) is 30.3 Å². The number of aromatic amines is 1. The monoisotopic (exact) mass is 320 g/mol. The van der Waals surface area contributed by atoms with Crippen LogP contribution in [0.3, 0.4) is 0 Å². The van der Waals surface area contributed by atoms with E-state index in [0.717, 1.165) is 17.6 Å². The minimum Gasteiger partial charge on any atom is -0.358 e. The van der Waals surface area contributed by atoms with Gasteiger partial charge in [0.05, 0.1) is 16.8 Å². The third kappa shape index (κ3) is 3.25. The van der Waals surface area contributed by atoms with Gasteiger partial charge in [0.2, 0.25) is 0 Å². The lowest BCUT2D eigenvalue weighted by Crippen LogP contribution is -2.19. The molecule has 2 aromatic heterocycles. The number of nitrogens with zero attached hydrogens (tertiary/aromatic N) is 1. The molecule has 2 amide bonds. The van der Waals surface area contributed by atoms with Crippen molar-refractivity contribution in [3.63, 3.8) is 0 Å². The fraction of sp³-hybridized carbons (Fsp3) is 0.0667. The van der Waals surface area contributed by atoms with E-state index in [4.69, 9.17) is 0 Å². The molecule has 23 heavy (non-hydrogen) atoms. The molecule has 1 aromatic carbocycles. The Balaban J connectivity index is 1.75. The van der Waals surface area contributed by atoms with Gasteiger partial charge < -0.3 is 15.6 Å². The third-order valence-corrected chi connectivity index (χ3v) is 3.13. The molecular formula is C15H11F3N4O. The first-order valence-electron chi connectivity index (χ1n) is 6.61. The van der Waals surface area contributed by atoms with E-state index in [1.54, 1.807) is 24.5 Å². The van der Waals surface area contributed by atoms with Crippen LogP contribution in [0, 0.1) is 0 Å². The van der Waals surface area contributed by atoms with Crippen LogP contribution >= 0.6 is 0 Å². The maximum Gasteiger partial charge on any atom is 0.416 e. The Hall–Kier alpha value is -3.03. The number of carbonyl (C=O) groups is 1. The Morgan fingerprint density at radius 3 is 2.74 bits per heavy atom. The number of fused-ring (bicyclic) bond motifs is 1. The van der Waals surface area contributed by atoms with Crippen LogP contribution in [0.5, 0.6) is 0 Å². The summed E-state index contributed by atoms with van der Waals surface area (Å²) < 4.78 is 37.9. The number of H-pyrrole nitrogens is 1. The number of urea groups is 1. The van der Waals surface area contributed by atoms with Crippen LogP contribution in [-0.2, 0) is 6.18 Å². The van der Waals surface area contributed by atoms with Gasteiger partial charge in [-0.25, -0.2) is 4.79 Å². The van der Waals surface area contributed by atoms with Crippen molar-refractivity contribution >= 4 is 28.4 Å². The van der Waals surface area contributed by atoms with E-state index >= 15 is 0 Å². The van der Waals surface area contributed by atoms with Crippen LogP contribution in [0.25, 0.3) is 11.0 Å². The van der Waals surface area contributed by atoms with Crippen LogP contribution in [0.15, 0.2) is 48.8 Å². The lowest BCUT2D eigenvalue weighted by atomic mass is 10.2. The molecule has 0 aliphatic heterocycles. The number of hydrogen-bond donors (Lipinski definition) is 3. The highest BCUT2D eigenvalue weighted by atomic mass is 19.4. The highest BCUT2D eigenvalue weighted by molar-refractivity contribution is 6.04. The van der Waals surface area contributed by atoms with Crippen LogP contribution in [0.4, 0.5) is 29.3 Å². The number of anilines is 2. The normalized spacial score (nSPS) is 11.4. The topological polar surface area (TPSA) is 69.8 Å². The Morgan fingerprint density at radius 2 is 1.96 bits per heavy atom. The second-order valence-corrected chi connectivity index (χ2v) is 4.76. The number of benzene rings is 1. The molecule has 0 aliphatic rings. The predicted molar refractivity (Wildman–Crippen MR) is 80.2 cm³/mol. The molecule has 5 nitrogen and oxygen atoms in total. The molecule has 3 N–H and O–H groups in total. The maximum absolute atomic E-state index is 12.6. The SMILES string of the molecule is O=C(Nc1cccc(C(F)(F)F)c1)Nc1c[nH]c2cccnc12. The standard InChI is InChI=1S/C15H11F3N4O/c16-15(17,18)9-3-1-4-10(7-9)21-14(23)22-12-8-20-11-5-2-6-19-13(11)12/h1-8,20H,(H2,21,22,23). The molecule has 3 aromatic rings. The van der Waals surface area contributed by atoms with Crippen molar-refractivity contribution in [3.05, 3.63) is 54.4 Å². The number of carbonyl (C=O) groups excluding carboxylic acids is 1. The summed E-state index contributed by atoms with van der Waals surface area (Å²) in [7, 11) is 0. The molecule has 2 heterocycles. The second-order valence-electron chi connectivity index (χ2n) is 4.76. The smallest absolute Gasteiger partial charge is 0.358 e. The molecule has 118 valence electrons. The van der Waals surface area contributed by atoms with Crippen LogP contribution in [-0.4, -0.2) is 16.0 Å². The van der Waals surface area contributed by atoms with Gasteiger partial charge in [-0.1, -0.05) is 6.07 Å². The summed E-state index contributed by atoms with van der Waals surface area (Å²) in [5.41, 5.74) is 0.952. The van der Waals surface area contributed by atoms with Gasteiger partial charge in [0.1, 0.15) is 5.52 Å². The van der Waals surface area contributed by atoms with Crippen molar-refractivity contribution in [3.8, 4) is 0 Å².